The van der Waals surface area contributed by atoms with Crippen molar-refractivity contribution in [3.8, 4) is 0 Å². The molecule has 0 saturated carbocycles. The zero-order valence-corrected chi connectivity index (χ0v) is 8.25. The van der Waals surface area contributed by atoms with Crippen molar-refractivity contribution in [1.29, 1.82) is 0 Å². The van der Waals surface area contributed by atoms with E-state index in [-0.39, 0.29) is 5.83 Å². The molecule has 0 saturated heterocycles. The summed E-state index contributed by atoms with van der Waals surface area (Å²) in [5, 5.41) is 0. The molecule has 0 bridgehead atoms. The summed E-state index contributed by atoms with van der Waals surface area (Å²) in [6, 6.07) is 9.53. The molecule has 0 atom stereocenters. The predicted octanol–water partition coefficient (Wildman–Crippen LogP) is 4.35. The maximum Gasteiger partial charge on any atom is 0.101 e. The number of benzene rings is 1. The highest BCUT2D eigenvalue weighted by molar-refractivity contribution is 5.50. The van der Waals surface area contributed by atoms with Crippen LogP contribution in [0.4, 0.5) is 4.39 Å². The fourth-order valence-electron chi connectivity index (χ4n) is 1.22. The molecule has 1 rings (SSSR count). The van der Waals surface area contributed by atoms with E-state index in [1.54, 1.807) is 6.08 Å². The third-order valence-electron chi connectivity index (χ3n) is 1.95. The first-order chi connectivity index (χ1) is 6.83. The lowest BCUT2D eigenvalue weighted by atomic mass is 10.1. The zero-order valence-electron chi connectivity index (χ0n) is 8.25. The van der Waals surface area contributed by atoms with Crippen molar-refractivity contribution in [1.82, 2.24) is 0 Å². The van der Waals surface area contributed by atoms with Crippen LogP contribution in [0.25, 0.3) is 6.08 Å². The molecule has 1 aromatic rings. The van der Waals surface area contributed by atoms with Gasteiger partial charge in [0.15, 0.2) is 0 Å². The van der Waals surface area contributed by atoms with Crippen molar-refractivity contribution in [2.75, 3.05) is 0 Å². The fourth-order valence-corrected chi connectivity index (χ4v) is 1.22. The van der Waals surface area contributed by atoms with Gasteiger partial charge in [-0.25, -0.2) is 4.39 Å². The molecule has 0 heterocycles. The summed E-state index contributed by atoms with van der Waals surface area (Å²) in [6.45, 7) is 3.60. The van der Waals surface area contributed by atoms with Crippen molar-refractivity contribution < 1.29 is 4.39 Å². The summed E-state index contributed by atoms with van der Waals surface area (Å²) < 4.78 is 13.2. The van der Waals surface area contributed by atoms with Crippen molar-refractivity contribution >= 4 is 6.08 Å². The summed E-state index contributed by atoms with van der Waals surface area (Å²) in [6.07, 6.45) is 5.61. The molecule has 0 unspecified atom stereocenters. The van der Waals surface area contributed by atoms with Crippen LogP contribution in [0.15, 0.2) is 48.8 Å². The SMILES string of the molecule is C=CCCC/C(F)=C/c1ccccc1. The van der Waals surface area contributed by atoms with E-state index in [0.29, 0.717) is 6.42 Å². The van der Waals surface area contributed by atoms with Crippen LogP contribution in [0.1, 0.15) is 24.8 Å². The monoisotopic (exact) mass is 190 g/mol. The van der Waals surface area contributed by atoms with Crippen molar-refractivity contribution in [2.24, 2.45) is 0 Å². The molecule has 0 amide bonds. The molecular weight excluding hydrogens is 175 g/mol. The van der Waals surface area contributed by atoms with Gasteiger partial charge in [0.2, 0.25) is 0 Å². The normalized spacial score (nSPS) is 11.4. The predicted molar refractivity (Wildman–Crippen MR) is 59.6 cm³/mol. The van der Waals surface area contributed by atoms with Crippen LogP contribution in [0.2, 0.25) is 0 Å². The third kappa shape index (κ3) is 4.04. The molecule has 74 valence electrons. The van der Waals surface area contributed by atoms with Crippen molar-refractivity contribution in [2.45, 2.75) is 19.3 Å². The highest BCUT2D eigenvalue weighted by Crippen LogP contribution is 2.13. The largest absolute Gasteiger partial charge is 0.212 e. The minimum absolute atomic E-state index is 0.0574. The first kappa shape index (κ1) is 10.7. The quantitative estimate of drug-likeness (QED) is 0.478. The van der Waals surface area contributed by atoms with Gasteiger partial charge in [-0.2, -0.15) is 0 Å². The Morgan fingerprint density at radius 3 is 2.64 bits per heavy atom. The van der Waals surface area contributed by atoms with Crippen molar-refractivity contribution in [3.63, 3.8) is 0 Å². The molecule has 1 aromatic carbocycles. The van der Waals surface area contributed by atoms with Crippen LogP contribution in [0.5, 0.6) is 0 Å². The molecule has 0 N–H and O–H groups in total. The average molecular weight is 190 g/mol. The minimum Gasteiger partial charge on any atom is -0.212 e. The van der Waals surface area contributed by atoms with E-state index in [0.717, 1.165) is 18.4 Å². The molecule has 0 radical (unpaired) electrons. The van der Waals surface area contributed by atoms with E-state index >= 15 is 0 Å². The first-order valence-electron chi connectivity index (χ1n) is 4.85. The van der Waals surface area contributed by atoms with Crippen molar-refractivity contribution in [3.05, 3.63) is 54.4 Å². The molecule has 1 heteroatoms. The Labute approximate surface area is 84.8 Å². The Bertz CT molecular complexity index is 298. The van der Waals surface area contributed by atoms with Gasteiger partial charge in [0.05, 0.1) is 0 Å². The lowest BCUT2D eigenvalue weighted by molar-refractivity contribution is 0.583. The fraction of sp³-hybridized carbons (Fsp3) is 0.231. The smallest absolute Gasteiger partial charge is 0.101 e. The van der Waals surface area contributed by atoms with E-state index in [9.17, 15) is 4.39 Å². The Hall–Kier alpha value is -1.37. The van der Waals surface area contributed by atoms with Crippen LogP contribution < -0.4 is 0 Å². The Morgan fingerprint density at radius 1 is 1.29 bits per heavy atom. The molecule has 0 aliphatic rings. The van der Waals surface area contributed by atoms with Gasteiger partial charge < -0.3 is 0 Å². The average Bonchev–Trinajstić information content (AvgIpc) is 2.20. The van der Waals surface area contributed by atoms with Crippen LogP contribution in [-0.2, 0) is 0 Å². The second kappa shape index (κ2) is 6.14. The van der Waals surface area contributed by atoms with E-state index in [2.05, 4.69) is 6.58 Å². The Kier molecular flexibility index (Phi) is 4.70. The van der Waals surface area contributed by atoms with Gasteiger partial charge in [0, 0.05) is 0 Å². The molecule has 0 aromatic heterocycles. The zero-order chi connectivity index (χ0) is 10.2. The second-order valence-electron chi connectivity index (χ2n) is 3.18. The minimum atomic E-state index is -0.0574. The van der Waals surface area contributed by atoms with E-state index in [1.165, 1.54) is 0 Å². The van der Waals surface area contributed by atoms with Gasteiger partial charge in [-0.3, -0.25) is 0 Å². The van der Waals surface area contributed by atoms with E-state index in [1.807, 2.05) is 36.4 Å². The first-order valence-corrected chi connectivity index (χ1v) is 4.85. The summed E-state index contributed by atoms with van der Waals surface area (Å²) in [5.41, 5.74) is 0.920. The molecule has 0 spiro atoms. The van der Waals surface area contributed by atoms with Gasteiger partial charge >= 0.3 is 0 Å². The van der Waals surface area contributed by atoms with Gasteiger partial charge in [0.25, 0.3) is 0 Å². The second-order valence-corrected chi connectivity index (χ2v) is 3.18. The summed E-state index contributed by atoms with van der Waals surface area (Å²) in [5.74, 6) is -0.0574. The van der Waals surface area contributed by atoms with Crippen LogP contribution >= 0.6 is 0 Å². The highest BCUT2D eigenvalue weighted by atomic mass is 19.1. The lowest BCUT2D eigenvalue weighted by Crippen LogP contribution is -1.77. The molecule has 0 fully saturated rings. The highest BCUT2D eigenvalue weighted by Gasteiger charge is 1.94. The number of rotatable bonds is 5. The Balaban J connectivity index is 2.47. The maximum absolute atomic E-state index is 13.2. The Morgan fingerprint density at radius 2 is 2.00 bits per heavy atom. The number of allylic oxidation sites excluding steroid dienone is 2. The van der Waals surface area contributed by atoms with Crippen LogP contribution in [-0.4, -0.2) is 0 Å². The maximum atomic E-state index is 13.2. The third-order valence-corrected chi connectivity index (χ3v) is 1.95. The van der Waals surface area contributed by atoms with Gasteiger partial charge in [0.1, 0.15) is 5.83 Å². The summed E-state index contributed by atoms with van der Waals surface area (Å²) >= 11 is 0. The van der Waals surface area contributed by atoms with Gasteiger partial charge in [-0.15, -0.1) is 6.58 Å². The summed E-state index contributed by atoms with van der Waals surface area (Å²) in [4.78, 5) is 0. The molecular formula is C13H15F. The molecule has 0 nitrogen and oxygen atoms in total. The summed E-state index contributed by atoms with van der Waals surface area (Å²) in [7, 11) is 0. The van der Waals surface area contributed by atoms with Crippen LogP contribution in [0.3, 0.4) is 0 Å². The molecule has 14 heavy (non-hydrogen) atoms. The van der Waals surface area contributed by atoms with E-state index < -0.39 is 0 Å². The topological polar surface area (TPSA) is 0 Å². The number of halogens is 1. The van der Waals surface area contributed by atoms with Crippen LogP contribution in [0, 0.1) is 0 Å². The number of hydrogen-bond donors (Lipinski definition) is 0. The molecule has 0 aliphatic carbocycles. The van der Waals surface area contributed by atoms with Gasteiger partial charge in [-0.05, 0) is 30.9 Å². The number of unbranched alkanes of at least 4 members (excludes halogenated alkanes) is 1. The standard InChI is InChI=1S/C13H15F/c1-2-3-5-10-13(14)11-12-8-6-4-7-9-12/h2,4,6-9,11H,1,3,5,10H2/b13-11-. The number of hydrogen-bond acceptors (Lipinski definition) is 0. The van der Waals surface area contributed by atoms with E-state index in [4.69, 9.17) is 0 Å². The molecule has 0 aliphatic heterocycles. The van der Waals surface area contributed by atoms with Gasteiger partial charge in [-0.1, -0.05) is 36.4 Å². The lowest BCUT2D eigenvalue weighted by Gasteiger charge is -1.96.